The summed E-state index contributed by atoms with van der Waals surface area (Å²) in [7, 11) is 3.00. The zero-order valence-electron chi connectivity index (χ0n) is 18.5. The van der Waals surface area contributed by atoms with Gasteiger partial charge in [-0.2, -0.15) is 0 Å². The number of fused-ring (bicyclic) bond motifs is 1. The highest BCUT2D eigenvalue weighted by molar-refractivity contribution is 6.31. The van der Waals surface area contributed by atoms with E-state index in [-0.39, 0.29) is 34.7 Å². The summed E-state index contributed by atoms with van der Waals surface area (Å²) in [4.78, 5) is 21.3. The second kappa shape index (κ2) is 11.6. The molecule has 2 N–H and O–H groups in total. The zero-order valence-corrected chi connectivity index (χ0v) is 19.2. The van der Waals surface area contributed by atoms with Crippen molar-refractivity contribution in [2.45, 2.75) is 19.3 Å². The number of aromatic nitrogens is 2. The number of anilines is 2. The summed E-state index contributed by atoms with van der Waals surface area (Å²) in [5.41, 5.74) is 0.692. The largest absolute Gasteiger partial charge is 0.504 e. The first-order chi connectivity index (χ1) is 15.9. The number of aromatic hydroxyl groups is 1. The number of nitrogens with zero attached hydrogens (tertiary/aromatic N) is 3. The van der Waals surface area contributed by atoms with Crippen molar-refractivity contribution in [1.82, 2.24) is 14.9 Å². The van der Waals surface area contributed by atoms with E-state index in [0.29, 0.717) is 16.7 Å². The average molecular weight is 477 g/mol. The molecule has 1 saturated heterocycles. The quantitative estimate of drug-likeness (QED) is 0.558. The number of phenolic OH excluding ortho intramolecular Hbond substituents is 1. The van der Waals surface area contributed by atoms with Crippen LogP contribution in [0.4, 0.5) is 15.9 Å². The Hall–Kier alpha value is -3.17. The molecule has 0 radical (unpaired) electrons. The Balaban J connectivity index is 0.000000235. The Morgan fingerprint density at radius 1 is 1.21 bits per heavy atom. The Morgan fingerprint density at radius 2 is 1.97 bits per heavy atom. The number of carbonyl (C=O) groups is 1. The van der Waals surface area contributed by atoms with Gasteiger partial charge in [0, 0.05) is 31.7 Å². The van der Waals surface area contributed by atoms with Crippen LogP contribution in [0.2, 0.25) is 5.02 Å². The molecule has 0 spiro atoms. The first-order valence-electron chi connectivity index (χ1n) is 10.4. The molecule has 0 unspecified atom stereocenters. The number of carbonyl (C=O) groups excluding carboxylic acids is 1. The number of benzene rings is 2. The molecule has 0 aliphatic carbocycles. The van der Waals surface area contributed by atoms with Gasteiger partial charge in [0.1, 0.15) is 18.8 Å². The molecule has 0 saturated carbocycles. The van der Waals surface area contributed by atoms with Crippen LogP contribution in [0.5, 0.6) is 11.5 Å². The normalized spacial score (nSPS) is 13.3. The van der Waals surface area contributed by atoms with Gasteiger partial charge in [0.05, 0.1) is 23.3 Å². The van der Waals surface area contributed by atoms with E-state index < -0.39 is 5.82 Å². The van der Waals surface area contributed by atoms with Gasteiger partial charge < -0.3 is 24.8 Å². The number of ether oxygens (including phenoxy) is 2. The maximum Gasteiger partial charge on any atom is 0.248 e. The van der Waals surface area contributed by atoms with Crippen LogP contribution in [0.25, 0.3) is 10.9 Å². The Bertz CT molecular complexity index is 1110. The molecular formula is C23H26ClFN4O4. The average Bonchev–Trinajstić information content (AvgIpc) is 2.83. The van der Waals surface area contributed by atoms with Gasteiger partial charge in [-0.25, -0.2) is 14.4 Å². The van der Waals surface area contributed by atoms with Crippen molar-refractivity contribution in [3.63, 3.8) is 0 Å². The lowest BCUT2D eigenvalue weighted by Gasteiger charge is -2.26. The summed E-state index contributed by atoms with van der Waals surface area (Å²) in [5.74, 6) is 0.184. The van der Waals surface area contributed by atoms with E-state index in [1.165, 1.54) is 32.0 Å². The number of halogens is 2. The maximum absolute atomic E-state index is 14.0. The maximum atomic E-state index is 14.0. The summed E-state index contributed by atoms with van der Waals surface area (Å²) in [5, 5.41) is 13.3. The van der Waals surface area contributed by atoms with Crippen molar-refractivity contribution in [3.05, 3.63) is 47.5 Å². The summed E-state index contributed by atoms with van der Waals surface area (Å²) < 4.78 is 23.8. The van der Waals surface area contributed by atoms with E-state index in [1.807, 2.05) is 4.90 Å². The number of methoxy groups -OCH3 is 2. The van der Waals surface area contributed by atoms with Gasteiger partial charge in [0.2, 0.25) is 5.91 Å². The van der Waals surface area contributed by atoms with Gasteiger partial charge in [-0.15, -0.1) is 0 Å². The van der Waals surface area contributed by atoms with Gasteiger partial charge in [0.15, 0.2) is 17.3 Å². The topological polar surface area (TPSA) is 96.8 Å². The van der Waals surface area contributed by atoms with Crippen LogP contribution >= 0.6 is 11.6 Å². The van der Waals surface area contributed by atoms with Crippen LogP contribution in [-0.2, 0) is 9.53 Å². The number of phenols is 1. The van der Waals surface area contributed by atoms with Gasteiger partial charge in [-0.3, -0.25) is 4.79 Å². The van der Waals surface area contributed by atoms with Crippen LogP contribution < -0.4 is 10.1 Å². The third-order valence-electron chi connectivity index (χ3n) is 5.12. The number of hydrogen-bond acceptors (Lipinski definition) is 7. The molecule has 1 amide bonds. The SMILES string of the molecule is COCC(=O)N1CCCCC1.COc1cc2c(Nc3cccc(Cl)c3F)ncnc2cc1O. The van der Waals surface area contributed by atoms with E-state index in [2.05, 4.69) is 15.3 Å². The third kappa shape index (κ3) is 6.21. The van der Waals surface area contributed by atoms with Crippen LogP contribution in [0.3, 0.4) is 0 Å². The molecule has 3 aromatic rings. The van der Waals surface area contributed by atoms with Crippen LogP contribution in [-0.4, -0.2) is 59.8 Å². The van der Waals surface area contributed by atoms with Crippen molar-refractivity contribution < 1.29 is 23.8 Å². The fourth-order valence-corrected chi connectivity index (χ4v) is 3.60. The first kappa shape index (κ1) is 24.5. The second-order valence-electron chi connectivity index (χ2n) is 7.36. The summed E-state index contributed by atoms with van der Waals surface area (Å²) in [6.45, 7) is 2.07. The molecular weight excluding hydrogens is 451 g/mol. The molecule has 10 heteroatoms. The molecule has 4 rings (SSSR count). The van der Waals surface area contributed by atoms with Crippen molar-refractivity contribution >= 4 is 39.9 Å². The van der Waals surface area contributed by atoms with Crippen LogP contribution in [0.1, 0.15) is 19.3 Å². The molecule has 8 nitrogen and oxygen atoms in total. The smallest absolute Gasteiger partial charge is 0.248 e. The van der Waals surface area contributed by atoms with Crippen LogP contribution in [0.15, 0.2) is 36.7 Å². The fourth-order valence-electron chi connectivity index (χ4n) is 3.42. The number of nitrogens with one attached hydrogen (secondary N) is 1. The lowest BCUT2D eigenvalue weighted by atomic mass is 10.1. The van der Waals surface area contributed by atoms with Crippen molar-refractivity contribution in [2.24, 2.45) is 0 Å². The van der Waals surface area contributed by atoms with E-state index in [4.69, 9.17) is 21.1 Å². The molecule has 2 aromatic carbocycles. The number of hydrogen-bond donors (Lipinski definition) is 2. The van der Waals surface area contributed by atoms with E-state index in [0.717, 1.165) is 25.9 Å². The molecule has 1 aromatic heterocycles. The minimum atomic E-state index is -0.568. The van der Waals surface area contributed by atoms with Gasteiger partial charge in [-0.1, -0.05) is 17.7 Å². The Kier molecular flexibility index (Phi) is 8.62. The molecule has 176 valence electrons. The van der Waals surface area contributed by atoms with Crippen molar-refractivity contribution in [1.29, 1.82) is 0 Å². The highest BCUT2D eigenvalue weighted by Crippen LogP contribution is 2.34. The highest BCUT2D eigenvalue weighted by atomic mass is 35.5. The third-order valence-corrected chi connectivity index (χ3v) is 5.41. The second-order valence-corrected chi connectivity index (χ2v) is 7.77. The predicted octanol–water partition coefficient (Wildman–Crippen LogP) is 4.53. The van der Waals surface area contributed by atoms with E-state index in [1.54, 1.807) is 25.3 Å². The standard InChI is InChI=1S/C15H11ClFN3O2.C8H15NO2/c1-22-13-5-8-11(6-12(13)21)18-7-19-15(8)20-10-4-2-3-9(16)14(10)17;1-11-7-8(10)9-5-3-2-4-6-9/h2-7,21H,1H3,(H,18,19,20);2-7H2,1H3. The number of amides is 1. The van der Waals surface area contributed by atoms with Gasteiger partial charge in [0.25, 0.3) is 0 Å². The zero-order chi connectivity index (χ0) is 23.8. The Labute approximate surface area is 196 Å². The molecule has 0 bridgehead atoms. The molecule has 1 fully saturated rings. The number of likely N-dealkylation sites (tertiary alicyclic amines) is 1. The van der Waals surface area contributed by atoms with E-state index >= 15 is 0 Å². The minimum Gasteiger partial charge on any atom is -0.504 e. The van der Waals surface area contributed by atoms with Crippen LogP contribution in [0, 0.1) is 5.82 Å². The molecule has 33 heavy (non-hydrogen) atoms. The molecule has 2 heterocycles. The molecule has 1 aliphatic heterocycles. The van der Waals surface area contributed by atoms with Gasteiger partial charge in [-0.05, 0) is 37.5 Å². The molecule has 1 aliphatic rings. The number of rotatable bonds is 5. The summed E-state index contributed by atoms with van der Waals surface area (Å²) >= 11 is 5.77. The fraction of sp³-hybridized carbons (Fsp3) is 0.348. The minimum absolute atomic E-state index is 0.0126. The van der Waals surface area contributed by atoms with Crippen molar-refractivity contribution in [3.8, 4) is 11.5 Å². The van der Waals surface area contributed by atoms with Crippen molar-refractivity contribution in [2.75, 3.05) is 39.2 Å². The lowest BCUT2D eigenvalue weighted by Crippen LogP contribution is -2.37. The molecule has 0 atom stereocenters. The Morgan fingerprint density at radius 3 is 2.67 bits per heavy atom. The summed E-state index contributed by atoms with van der Waals surface area (Å²) in [6, 6.07) is 7.67. The monoisotopic (exact) mass is 476 g/mol. The van der Waals surface area contributed by atoms with E-state index in [9.17, 15) is 14.3 Å². The van der Waals surface area contributed by atoms with Gasteiger partial charge >= 0.3 is 0 Å². The lowest BCUT2D eigenvalue weighted by molar-refractivity contribution is -0.136. The predicted molar refractivity (Wildman–Crippen MR) is 125 cm³/mol. The number of piperidine rings is 1. The first-order valence-corrected chi connectivity index (χ1v) is 10.8. The highest BCUT2D eigenvalue weighted by Gasteiger charge is 2.15. The summed E-state index contributed by atoms with van der Waals surface area (Å²) in [6.07, 6.45) is 4.88.